The molecule has 0 bridgehead atoms. The van der Waals surface area contributed by atoms with Crippen molar-refractivity contribution in [3.8, 4) is 0 Å². The number of carbonyl (C=O) groups is 2. The molecular formula is C26H23ClFN3O2. The number of anilines is 3. The lowest BCUT2D eigenvalue weighted by Gasteiger charge is -2.21. The first-order valence-electron chi connectivity index (χ1n) is 10.7. The molecule has 0 saturated heterocycles. The van der Waals surface area contributed by atoms with Crippen molar-refractivity contribution in [2.75, 3.05) is 28.2 Å². The quantitative estimate of drug-likeness (QED) is 0.455. The van der Waals surface area contributed by atoms with E-state index in [-0.39, 0.29) is 17.0 Å². The first kappa shape index (κ1) is 22.6. The maximum Gasteiger partial charge on any atom is 0.282 e. The fraction of sp³-hybridized carbons (Fsp3) is 0.154. The third-order valence-corrected chi connectivity index (χ3v) is 5.80. The summed E-state index contributed by atoms with van der Waals surface area (Å²) in [4.78, 5) is 30.0. The number of imide groups is 1. The van der Waals surface area contributed by atoms with Crippen molar-refractivity contribution in [3.63, 3.8) is 0 Å². The first-order chi connectivity index (χ1) is 15.9. The van der Waals surface area contributed by atoms with Crippen molar-refractivity contribution >= 4 is 46.1 Å². The Kier molecular flexibility index (Phi) is 6.47. The SMILES string of the molecule is CCN(CC)c1ccc(NC2=C(c3ccc(Cl)cc3)C(=O)N(c3cccc(F)c3)C2=O)cc1. The highest BCUT2D eigenvalue weighted by atomic mass is 35.5. The molecule has 1 aliphatic rings. The number of nitrogens with zero attached hydrogens (tertiary/aromatic N) is 2. The maximum atomic E-state index is 13.8. The molecule has 0 spiro atoms. The summed E-state index contributed by atoms with van der Waals surface area (Å²) >= 11 is 6.02. The fourth-order valence-corrected chi connectivity index (χ4v) is 3.99. The zero-order chi connectivity index (χ0) is 23.5. The minimum Gasteiger partial charge on any atom is -0.372 e. The number of carbonyl (C=O) groups excluding carboxylic acids is 2. The summed E-state index contributed by atoms with van der Waals surface area (Å²) in [6.45, 7) is 5.93. The Morgan fingerprint density at radius 3 is 2.18 bits per heavy atom. The monoisotopic (exact) mass is 463 g/mol. The highest BCUT2D eigenvalue weighted by Gasteiger charge is 2.40. The average Bonchev–Trinajstić information content (AvgIpc) is 3.05. The van der Waals surface area contributed by atoms with Crippen molar-refractivity contribution in [2.24, 2.45) is 0 Å². The van der Waals surface area contributed by atoms with Crippen LogP contribution in [0.1, 0.15) is 19.4 Å². The van der Waals surface area contributed by atoms with Gasteiger partial charge in [-0.05, 0) is 74.0 Å². The standard InChI is InChI=1S/C26H23ClFN3O2/c1-3-30(4-2)21-14-12-20(13-15-21)29-24-23(17-8-10-18(27)11-9-17)25(32)31(26(24)33)22-7-5-6-19(28)16-22/h5-16,29H,3-4H2,1-2H3. The van der Waals surface area contributed by atoms with Crippen LogP contribution in [0.3, 0.4) is 0 Å². The molecule has 1 aliphatic heterocycles. The van der Waals surface area contributed by atoms with Crippen molar-refractivity contribution in [1.82, 2.24) is 0 Å². The molecule has 168 valence electrons. The van der Waals surface area contributed by atoms with Gasteiger partial charge in [-0.2, -0.15) is 0 Å². The number of hydrogen-bond donors (Lipinski definition) is 1. The highest BCUT2D eigenvalue weighted by molar-refractivity contribution is 6.46. The topological polar surface area (TPSA) is 52.7 Å². The van der Waals surface area contributed by atoms with E-state index in [1.54, 1.807) is 24.3 Å². The van der Waals surface area contributed by atoms with Crippen molar-refractivity contribution in [3.05, 3.63) is 94.9 Å². The summed E-state index contributed by atoms with van der Waals surface area (Å²) in [5.41, 5.74) is 2.77. The molecule has 4 rings (SSSR count). The van der Waals surface area contributed by atoms with Crippen LogP contribution < -0.4 is 15.1 Å². The van der Waals surface area contributed by atoms with Gasteiger partial charge in [0.1, 0.15) is 11.5 Å². The fourth-order valence-electron chi connectivity index (χ4n) is 3.87. The Hall–Kier alpha value is -3.64. The third kappa shape index (κ3) is 4.47. The van der Waals surface area contributed by atoms with Crippen molar-refractivity contribution in [2.45, 2.75) is 13.8 Å². The molecule has 5 nitrogen and oxygen atoms in total. The second-order valence-electron chi connectivity index (χ2n) is 7.53. The van der Waals surface area contributed by atoms with Crippen molar-refractivity contribution < 1.29 is 14.0 Å². The van der Waals surface area contributed by atoms with E-state index < -0.39 is 17.6 Å². The second kappa shape index (κ2) is 9.46. The van der Waals surface area contributed by atoms with Crippen LogP contribution in [0.4, 0.5) is 21.5 Å². The summed E-state index contributed by atoms with van der Waals surface area (Å²) in [6, 6.07) is 19.7. The van der Waals surface area contributed by atoms with Crippen LogP contribution in [0, 0.1) is 5.82 Å². The molecule has 0 aliphatic carbocycles. The third-order valence-electron chi connectivity index (χ3n) is 5.55. The number of halogens is 2. The van der Waals surface area contributed by atoms with Gasteiger partial charge < -0.3 is 10.2 Å². The minimum absolute atomic E-state index is 0.127. The lowest BCUT2D eigenvalue weighted by Crippen LogP contribution is -2.32. The van der Waals surface area contributed by atoms with Gasteiger partial charge in [0.15, 0.2) is 0 Å². The zero-order valence-electron chi connectivity index (χ0n) is 18.3. The second-order valence-corrected chi connectivity index (χ2v) is 7.96. The Labute approximate surface area is 197 Å². The summed E-state index contributed by atoms with van der Waals surface area (Å²) in [5, 5.41) is 3.64. The largest absolute Gasteiger partial charge is 0.372 e. The van der Waals surface area contributed by atoms with E-state index in [9.17, 15) is 14.0 Å². The van der Waals surface area contributed by atoms with Gasteiger partial charge in [0, 0.05) is 29.5 Å². The lowest BCUT2D eigenvalue weighted by molar-refractivity contribution is -0.120. The molecule has 0 aromatic heterocycles. The number of benzene rings is 3. The summed E-state index contributed by atoms with van der Waals surface area (Å²) < 4.78 is 13.8. The molecule has 3 aromatic rings. The summed E-state index contributed by atoms with van der Waals surface area (Å²) in [5.74, 6) is -1.62. The maximum absolute atomic E-state index is 13.8. The lowest BCUT2D eigenvalue weighted by atomic mass is 10.0. The number of amides is 2. The molecule has 1 heterocycles. The molecule has 1 N–H and O–H groups in total. The number of rotatable bonds is 7. The van der Waals surface area contributed by atoms with E-state index in [4.69, 9.17) is 11.6 Å². The van der Waals surface area contributed by atoms with E-state index in [1.807, 2.05) is 24.3 Å². The van der Waals surface area contributed by atoms with Gasteiger partial charge in [-0.15, -0.1) is 0 Å². The molecule has 0 radical (unpaired) electrons. The molecule has 0 saturated carbocycles. The van der Waals surface area contributed by atoms with Crippen LogP contribution in [-0.2, 0) is 9.59 Å². The van der Waals surface area contributed by atoms with Gasteiger partial charge in [0.2, 0.25) is 0 Å². The normalized spacial score (nSPS) is 13.6. The highest BCUT2D eigenvalue weighted by Crippen LogP contribution is 2.34. The Morgan fingerprint density at radius 2 is 1.58 bits per heavy atom. The number of nitrogens with one attached hydrogen (secondary N) is 1. The predicted molar refractivity (Wildman–Crippen MR) is 131 cm³/mol. The van der Waals surface area contributed by atoms with Crippen LogP contribution in [0.15, 0.2) is 78.5 Å². The van der Waals surface area contributed by atoms with Gasteiger partial charge in [-0.25, -0.2) is 9.29 Å². The van der Waals surface area contributed by atoms with Gasteiger partial charge in [0.25, 0.3) is 11.8 Å². The zero-order valence-corrected chi connectivity index (χ0v) is 19.1. The molecule has 0 atom stereocenters. The van der Waals surface area contributed by atoms with E-state index >= 15 is 0 Å². The van der Waals surface area contributed by atoms with Crippen LogP contribution >= 0.6 is 11.6 Å². The minimum atomic E-state index is -0.552. The molecule has 2 amide bonds. The van der Waals surface area contributed by atoms with E-state index in [2.05, 4.69) is 24.1 Å². The Balaban J connectivity index is 1.74. The molecule has 0 fully saturated rings. The molecule has 3 aromatic carbocycles. The van der Waals surface area contributed by atoms with Gasteiger partial charge >= 0.3 is 0 Å². The van der Waals surface area contributed by atoms with Crippen LogP contribution in [0.5, 0.6) is 0 Å². The van der Waals surface area contributed by atoms with Crippen LogP contribution in [0.2, 0.25) is 5.02 Å². The van der Waals surface area contributed by atoms with Crippen molar-refractivity contribution in [1.29, 1.82) is 0 Å². The Morgan fingerprint density at radius 1 is 0.909 bits per heavy atom. The van der Waals surface area contributed by atoms with E-state index in [1.165, 1.54) is 18.2 Å². The first-order valence-corrected chi connectivity index (χ1v) is 11.1. The predicted octanol–water partition coefficient (Wildman–Crippen LogP) is 5.72. The number of hydrogen-bond acceptors (Lipinski definition) is 4. The summed E-state index contributed by atoms with van der Waals surface area (Å²) in [7, 11) is 0. The molecule has 33 heavy (non-hydrogen) atoms. The molecular weight excluding hydrogens is 441 g/mol. The van der Waals surface area contributed by atoms with Gasteiger partial charge in [-0.1, -0.05) is 29.8 Å². The smallest absolute Gasteiger partial charge is 0.282 e. The van der Waals surface area contributed by atoms with Gasteiger partial charge in [0.05, 0.1) is 11.3 Å². The van der Waals surface area contributed by atoms with Crippen LogP contribution in [-0.4, -0.2) is 24.9 Å². The van der Waals surface area contributed by atoms with Crippen LogP contribution in [0.25, 0.3) is 5.57 Å². The Bertz CT molecular complexity index is 1220. The molecule has 0 unspecified atom stereocenters. The van der Waals surface area contributed by atoms with E-state index in [0.29, 0.717) is 16.3 Å². The average molecular weight is 464 g/mol. The molecule has 7 heteroatoms. The van der Waals surface area contributed by atoms with Gasteiger partial charge in [-0.3, -0.25) is 9.59 Å². The van der Waals surface area contributed by atoms with E-state index in [0.717, 1.165) is 29.7 Å². The summed E-state index contributed by atoms with van der Waals surface area (Å²) in [6.07, 6.45) is 0.